The van der Waals surface area contributed by atoms with E-state index in [0.717, 1.165) is 36.5 Å². The van der Waals surface area contributed by atoms with Gasteiger partial charge in [0.15, 0.2) is 0 Å². The molecule has 1 amide bonds. The summed E-state index contributed by atoms with van der Waals surface area (Å²) in [4.78, 5) is 14.4. The molecule has 4 nitrogen and oxygen atoms in total. The summed E-state index contributed by atoms with van der Waals surface area (Å²) in [5.41, 5.74) is 1.70. The van der Waals surface area contributed by atoms with Gasteiger partial charge in [0.05, 0.1) is 7.11 Å². The van der Waals surface area contributed by atoms with Gasteiger partial charge in [-0.15, -0.1) is 0 Å². The summed E-state index contributed by atoms with van der Waals surface area (Å²) >= 11 is 0. The molecule has 2 rings (SSSR count). The van der Waals surface area contributed by atoms with E-state index in [1.54, 1.807) is 7.11 Å². The van der Waals surface area contributed by atoms with Crippen molar-refractivity contribution in [1.82, 2.24) is 10.2 Å². The van der Waals surface area contributed by atoms with Crippen LogP contribution in [-0.4, -0.2) is 43.1 Å². The van der Waals surface area contributed by atoms with E-state index in [0.29, 0.717) is 0 Å². The predicted octanol–water partition coefficient (Wildman–Crippen LogP) is 1.83. The fourth-order valence-corrected chi connectivity index (χ4v) is 2.51. The Morgan fingerprint density at radius 2 is 2.16 bits per heavy atom. The molecule has 19 heavy (non-hydrogen) atoms. The average molecular weight is 262 g/mol. The van der Waals surface area contributed by atoms with E-state index in [1.807, 2.05) is 30.0 Å². The fraction of sp³-hybridized carbons (Fsp3) is 0.533. The van der Waals surface area contributed by atoms with Crippen LogP contribution in [0.1, 0.15) is 29.8 Å². The van der Waals surface area contributed by atoms with Crippen LogP contribution < -0.4 is 10.1 Å². The van der Waals surface area contributed by atoms with Gasteiger partial charge in [0, 0.05) is 30.7 Å². The molecule has 1 aromatic carbocycles. The largest absolute Gasteiger partial charge is 0.496 e. The third-order valence-electron chi connectivity index (χ3n) is 3.50. The third-order valence-corrected chi connectivity index (χ3v) is 3.50. The SMILES string of the molecule is COc1ccc(C(=O)N2CCNC(C)(C)C2)cc1C. The van der Waals surface area contributed by atoms with Crippen molar-refractivity contribution in [2.75, 3.05) is 26.7 Å². The van der Waals surface area contributed by atoms with E-state index in [4.69, 9.17) is 4.74 Å². The molecule has 1 aromatic rings. The smallest absolute Gasteiger partial charge is 0.253 e. The number of rotatable bonds is 2. The monoisotopic (exact) mass is 262 g/mol. The number of carbonyl (C=O) groups excluding carboxylic acids is 1. The van der Waals surface area contributed by atoms with Crippen molar-refractivity contribution in [2.45, 2.75) is 26.3 Å². The molecule has 0 aromatic heterocycles. The Hall–Kier alpha value is -1.55. The highest BCUT2D eigenvalue weighted by Crippen LogP contribution is 2.20. The first kappa shape index (κ1) is 13.9. The van der Waals surface area contributed by atoms with Crippen LogP contribution in [0.15, 0.2) is 18.2 Å². The second-order valence-electron chi connectivity index (χ2n) is 5.72. The molecule has 1 aliphatic rings. The van der Waals surface area contributed by atoms with Gasteiger partial charge in [0.2, 0.25) is 0 Å². The number of benzene rings is 1. The number of nitrogens with one attached hydrogen (secondary N) is 1. The zero-order valence-corrected chi connectivity index (χ0v) is 12.1. The minimum atomic E-state index is -0.0184. The van der Waals surface area contributed by atoms with Crippen molar-refractivity contribution in [3.63, 3.8) is 0 Å². The number of piperazine rings is 1. The van der Waals surface area contributed by atoms with Crippen molar-refractivity contribution in [3.05, 3.63) is 29.3 Å². The van der Waals surface area contributed by atoms with E-state index >= 15 is 0 Å². The van der Waals surface area contributed by atoms with Gasteiger partial charge < -0.3 is 15.0 Å². The maximum Gasteiger partial charge on any atom is 0.253 e. The molecule has 0 radical (unpaired) electrons. The Balaban J connectivity index is 2.17. The van der Waals surface area contributed by atoms with Crippen molar-refractivity contribution in [2.24, 2.45) is 0 Å². The zero-order valence-electron chi connectivity index (χ0n) is 12.1. The second kappa shape index (κ2) is 5.21. The van der Waals surface area contributed by atoms with E-state index in [2.05, 4.69) is 19.2 Å². The average Bonchev–Trinajstić information content (AvgIpc) is 2.36. The quantitative estimate of drug-likeness (QED) is 0.884. The van der Waals surface area contributed by atoms with Crippen molar-refractivity contribution >= 4 is 5.91 Å². The highest BCUT2D eigenvalue weighted by atomic mass is 16.5. The standard InChI is InChI=1S/C15H22N2O2/c1-11-9-12(5-6-13(11)19-4)14(18)17-8-7-16-15(2,3)10-17/h5-6,9,16H,7-8,10H2,1-4H3. The minimum Gasteiger partial charge on any atom is -0.496 e. The lowest BCUT2D eigenvalue weighted by molar-refractivity contribution is 0.0652. The molecular formula is C15H22N2O2. The van der Waals surface area contributed by atoms with Crippen LogP contribution in [0.2, 0.25) is 0 Å². The van der Waals surface area contributed by atoms with E-state index in [9.17, 15) is 4.79 Å². The lowest BCUT2D eigenvalue weighted by atomic mass is 10.0. The number of hydrogen-bond acceptors (Lipinski definition) is 3. The fourth-order valence-electron chi connectivity index (χ4n) is 2.51. The summed E-state index contributed by atoms with van der Waals surface area (Å²) in [6.07, 6.45) is 0. The number of aryl methyl sites for hydroxylation is 1. The minimum absolute atomic E-state index is 0.0184. The first-order valence-corrected chi connectivity index (χ1v) is 6.62. The summed E-state index contributed by atoms with van der Waals surface area (Å²) < 4.78 is 5.22. The molecule has 0 saturated carbocycles. The van der Waals surface area contributed by atoms with E-state index < -0.39 is 0 Å². The zero-order chi connectivity index (χ0) is 14.0. The summed E-state index contributed by atoms with van der Waals surface area (Å²) in [6, 6.07) is 5.59. The first-order chi connectivity index (χ1) is 8.93. The summed E-state index contributed by atoms with van der Waals surface area (Å²) in [6.45, 7) is 8.52. The molecule has 1 heterocycles. The van der Waals surface area contributed by atoms with Gasteiger partial charge in [0.1, 0.15) is 5.75 Å². The van der Waals surface area contributed by atoms with Crippen LogP contribution >= 0.6 is 0 Å². The van der Waals surface area contributed by atoms with E-state index in [-0.39, 0.29) is 11.4 Å². The Morgan fingerprint density at radius 3 is 2.74 bits per heavy atom. The van der Waals surface area contributed by atoms with Gasteiger partial charge in [0.25, 0.3) is 5.91 Å². The molecule has 0 bridgehead atoms. The van der Waals surface area contributed by atoms with Gasteiger partial charge in [-0.05, 0) is 44.5 Å². The molecule has 0 spiro atoms. The van der Waals surface area contributed by atoms with Gasteiger partial charge in [-0.25, -0.2) is 0 Å². The Labute approximate surface area is 114 Å². The summed E-state index contributed by atoms with van der Waals surface area (Å²) in [5.74, 6) is 0.914. The molecule has 1 aliphatic heterocycles. The topological polar surface area (TPSA) is 41.6 Å². The van der Waals surface area contributed by atoms with Gasteiger partial charge >= 0.3 is 0 Å². The lowest BCUT2D eigenvalue weighted by Gasteiger charge is -2.39. The van der Waals surface area contributed by atoms with Crippen molar-refractivity contribution in [1.29, 1.82) is 0 Å². The van der Waals surface area contributed by atoms with Crippen LogP contribution in [-0.2, 0) is 0 Å². The molecule has 104 valence electrons. The van der Waals surface area contributed by atoms with Crippen LogP contribution in [0.5, 0.6) is 5.75 Å². The Kier molecular flexibility index (Phi) is 3.80. The molecule has 1 saturated heterocycles. The normalized spacial score (nSPS) is 18.2. The number of carbonyl (C=O) groups is 1. The molecule has 4 heteroatoms. The van der Waals surface area contributed by atoms with Crippen LogP contribution in [0.4, 0.5) is 0 Å². The highest BCUT2D eigenvalue weighted by Gasteiger charge is 2.29. The molecule has 0 aliphatic carbocycles. The Bertz CT molecular complexity index is 483. The lowest BCUT2D eigenvalue weighted by Crippen LogP contribution is -2.58. The third kappa shape index (κ3) is 3.07. The molecule has 1 fully saturated rings. The Morgan fingerprint density at radius 1 is 1.42 bits per heavy atom. The molecule has 1 N–H and O–H groups in total. The number of nitrogens with zero attached hydrogens (tertiary/aromatic N) is 1. The highest BCUT2D eigenvalue weighted by molar-refractivity contribution is 5.94. The van der Waals surface area contributed by atoms with Gasteiger partial charge in [-0.3, -0.25) is 4.79 Å². The molecule has 0 atom stereocenters. The van der Waals surface area contributed by atoms with Crippen LogP contribution in [0.3, 0.4) is 0 Å². The molecule has 0 unspecified atom stereocenters. The van der Waals surface area contributed by atoms with Gasteiger partial charge in [-0.2, -0.15) is 0 Å². The van der Waals surface area contributed by atoms with Gasteiger partial charge in [-0.1, -0.05) is 0 Å². The first-order valence-electron chi connectivity index (χ1n) is 6.62. The summed E-state index contributed by atoms with van der Waals surface area (Å²) in [7, 11) is 1.64. The predicted molar refractivity (Wildman–Crippen MR) is 75.7 cm³/mol. The van der Waals surface area contributed by atoms with Crippen LogP contribution in [0.25, 0.3) is 0 Å². The van der Waals surface area contributed by atoms with E-state index in [1.165, 1.54) is 0 Å². The van der Waals surface area contributed by atoms with Crippen molar-refractivity contribution in [3.8, 4) is 5.75 Å². The number of methoxy groups -OCH3 is 1. The maximum atomic E-state index is 12.5. The number of hydrogen-bond donors (Lipinski definition) is 1. The van der Waals surface area contributed by atoms with Crippen molar-refractivity contribution < 1.29 is 9.53 Å². The van der Waals surface area contributed by atoms with Crippen LogP contribution in [0, 0.1) is 6.92 Å². The number of ether oxygens (including phenoxy) is 1. The maximum absolute atomic E-state index is 12.5. The molecular weight excluding hydrogens is 240 g/mol. The number of amides is 1. The second-order valence-corrected chi connectivity index (χ2v) is 5.72. The summed E-state index contributed by atoms with van der Waals surface area (Å²) in [5, 5.41) is 3.41.